The highest BCUT2D eigenvalue weighted by Crippen LogP contribution is 2.47. The van der Waals surface area contributed by atoms with Gasteiger partial charge >= 0.3 is 0 Å². The van der Waals surface area contributed by atoms with Crippen LogP contribution in [0.2, 0.25) is 0 Å². The van der Waals surface area contributed by atoms with Crippen LogP contribution in [-0.2, 0) is 0 Å². The highest BCUT2D eigenvalue weighted by atomic mass is 14.9. The summed E-state index contributed by atoms with van der Waals surface area (Å²) in [4.78, 5) is 43.2. The fourth-order valence-electron chi connectivity index (χ4n) is 20.6. The monoisotopic (exact) mass is 1700 g/mol. The van der Waals surface area contributed by atoms with Crippen LogP contribution in [0.15, 0.2) is 449 Å². The molecule has 6 aromatic heterocycles. The van der Waals surface area contributed by atoms with Crippen molar-refractivity contribution in [2.75, 3.05) is 0 Å². The fourth-order valence-corrected chi connectivity index (χ4v) is 20.6. The molecule has 27 aromatic rings. The molecule has 0 aliphatic heterocycles. The smallest absolute Gasteiger partial charge is 0.160 e. The first kappa shape index (κ1) is 76.1. The van der Waals surface area contributed by atoms with Gasteiger partial charge < -0.3 is 0 Å². The van der Waals surface area contributed by atoms with E-state index in [0.717, 1.165) is 216 Å². The van der Waals surface area contributed by atoms with Gasteiger partial charge in [0.2, 0.25) is 0 Å². The summed E-state index contributed by atoms with van der Waals surface area (Å²) in [6.07, 6.45) is 0. The average molecular weight is 1700 g/mol. The van der Waals surface area contributed by atoms with Gasteiger partial charge in [-0.05, 0) is 228 Å². The molecule has 0 radical (unpaired) electrons. The molecule has 0 aliphatic carbocycles. The largest absolute Gasteiger partial charge is 0.245 e. The van der Waals surface area contributed by atoms with E-state index in [1.807, 2.05) is 24.3 Å². The molecule has 0 amide bonds. The molecule has 8 heteroatoms. The zero-order valence-electron chi connectivity index (χ0n) is 72.3. The third-order valence-corrected chi connectivity index (χ3v) is 27.3. The zero-order valence-corrected chi connectivity index (χ0v) is 72.3. The topological polar surface area (TPSA) is 103 Å². The first-order chi connectivity index (χ1) is 66.3. The molecule has 0 fully saturated rings. The van der Waals surface area contributed by atoms with Gasteiger partial charge in [-0.25, -0.2) is 39.9 Å². The maximum atomic E-state index is 5.76. The Morgan fingerprint density at radius 1 is 0.127 bits per heavy atom. The molecule has 21 aromatic carbocycles. The molecule has 6 heterocycles. The van der Waals surface area contributed by atoms with Crippen LogP contribution in [0.25, 0.3) is 287 Å². The summed E-state index contributed by atoms with van der Waals surface area (Å²) < 4.78 is 0. The van der Waals surface area contributed by atoms with Crippen LogP contribution in [0, 0.1) is 0 Å². The third kappa shape index (κ3) is 13.0. The minimum absolute atomic E-state index is 0.695. The van der Waals surface area contributed by atoms with E-state index in [2.05, 4.69) is 425 Å². The molecule has 0 unspecified atom stereocenters. The van der Waals surface area contributed by atoms with E-state index >= 15 is 0 Å². The molecular formula is C126H74N8. The Kier molecular flexibility index (Phi) is 17.5. The molecule has 134 heavy (non-hydrogen) atoms. The van der Waals surface area contributed by atoms with Gasteiger partial charge in [0.25, 0.3) is 0 Å². The maximum absolute atomic E-state index is 5.76. The van der Waals surface area contributed by atoms with Crippen molar-refractivity contribution in [1.29, 1.82) is 0 Å². The number of hydrogen-bond donors (Lipinski definition) is 0. The van der Waals surface area contributed by atoms with Crippen LogP contribution in [0.5, 0.6) is 0 Å². The molecule has 0 bridgehead atoms. The van der Waals surface area contributed by atoms with Crippen molar-refractivity contribution in [3.8, 4) is 146 Å². The van der Waals surface area contributed by atoms with Gasteiger partial charge in [-0.3, -0.25) is 0 Å². The molecule has 8 nitrogen and oxygen atoms in total. The standard InChI is InChI=1S/C126H74N8/c1-4-19-81(20-5-1)119-109-72-88(53-63-115(109)131-125(133-119)85-23-8-3-9-24-85)76-34-39-78(40-35-76)111-60-51-83-44-45-84-52-61-113(128-122(84)121(83)127-111)93-29-17-27-91(68-93)99-56-48-80-43-46-94-69-98(70-95-50-58-105(99)118(80)117(94)95)107-74-96-55-62-114(92-28-16-26-87(66-92)90-49-57-104-102-32-13-12-30-100(102)101-31-14-15-33-103(101)108(104)71-90)129-123(96)124-106(107)59-65-112(130-124)79-41-36-77(37-42-79)89-54-64-116-110(73-89)120(82-21-6-2-7-22-82)134-126(132-116)97-47-38-75-18-10-11-25-86(75)67-97/h1-74H. The molecule has 0 saturated carbocycles. The van der Waals surface area contributed by atoms with E-state index in [0.29, 0.717) is 11.6 Å². The molecule has 0 N–H and O–H groups in total. The number of pyridine rings is 4. The maximum Gasteiger partial charge on any atom is 0.160 e. The molecular weight excluding hydrogens is 1630 g/mol. The van der Waals surface area contributed by atoms with Gasteiger partial charge in [-0.15, -0.1) is 0 Å². The van der Waals surface area contributed by atoms with Gasteiger partial charge in [-0.2, -0.15) is 0 Å². The Morgan fingerprint density at radius 2 is 0.493 bits per heavy atom. The SMILES string of the molecule is c1ccc(-c2nc(-c3ccccc3)c3cc(-c4ccc(-c5ccc6ccc7ccc(-c8cccc(-c9ccc%10ccc%11cc(-c%12cc%13ccc(-c%14cccc(-c%15ccc%16c%17ccccc%17c%17ccccc%17c%16c%15)c%14)nc%13c%13nc(-c%14ccc(-c%15ccc%16nc(-c%17ccc%18ccccc%18c%17)nc(-c%17ccccc%17)c%16c%15)cc%14)ccc%12%13)cc%12ccc9c%10c%11%12)c8)nc7c6n5)cc4)ccc3n2)cc1. The lowest BCUT2D eigenvalue weighted by Crippen LogP contribution is -1.96. The van der Waals surface area contributed by atoms with Gasteiger partial charge in [0.15, 0.2) is 11.6 Å². The van der Waals surface area contributed by atoms with Crippen molar-refractivity contribution in [2.24, 2.45) is 0 Å². The summed E-state index contributed by atoms with van der Waals surface area (Å²) in [6, 6.07) is 161. The Balaban J connectivity index is 0.529. The highest BCUT2D eigenvalue weighted by molar-refractivity contribution is 6.28. The van der Waals surface area contributed by atoms with Crippen LogP contribution in [0.1, 0.15) is 0 Å². The highest BCUT2D eigenvalue weighted by Gasteiger charge is 2.23. The molecule has 0 aliphatic rings. The predicted octanol–water partition coefficient (Wildman–Crippen LogP) is 32.9. The van der Waals surface area contributed by atoms with Crippen LogP contribution < -0.4 is 0 Å². The average Bonchev–Trinajstić information content (AvgIpc) is 0.722. The number of hydrogen-bond acceptors (Lipinski definition) is 8. The fraction of sp³-hybridized carbons (Fsp3) is 0. The van der Waals surface area contributed by atoms with Crippen LogP contribution in [0.4, 0.5) is 0 Å². The van der Waals surface area contributed by atoms with Crippen molar-refractivity contribution in [1.82, 2.24) is 39.9 Å². The lowest BCUT2D eigenvalue weighted by Gasteiger charge is -2.17. The van der Waals surface area contributed by atoms with Crippen molar-refractivity contribution in [3.63, 3.8) is 0 Å². The van der Waals surface area contributed by atoms with E-state index in [9.17, 15) is 0 Å². The quantitative estimate of drug-likeness (QED) is 0.105. The van der Waals surface area contributed by atoms with E-state index in [1.165, 1.54) is 59.2 Å². The summed E-state index contributed by atoms with van der Waals surface area (Å²) in [7, 11) is 0. The Labute approximate surface area is 770 Å². The van der Waals surface area contributed by atoms with Gasteiger partial charge in [-0.1, -0.05) is 352 Å². The van der Waals surface area contributed by atoms with E-state index in [1.54, 1.807) is 0 Å². The zero-order chi connectivity index (χ0) is 88.0. The van der Waals surface area contributed by atoms with Crippen molar-refractivity contribution < 1.29 is 0 Å². The molecule has 27 rings (SSSR count). The van der Waals surface area contributed by atoms with E-state index in [4.69, 9.17) is 39.9 Å². The van der Waals surface area contributed by atoms with Gasteiger partial charge in [0, 0.05) is 76.8 Å². The predicted molar refractivity (Wildman–Crippen MR) is 558 cm³/mol. The van der Waals surface area contributed by atoms with E-state index in [-0.39, 0.29) is 0 Å². The Morgan fingerprint density at radius 3 is 1.10 bits per heavy atom. The number of aromatic nitrogens is 8. The summed E-state index contributed by atoms with van der Waals surface area (Å²) in [5.41, 5.74) is 29.6. The lowest BCUT2D eigenvalue weighted by atomic mass is 9.87. The van der Waals surface area contributed by atoms with Crippen molar-refractivity contribution in [2.45, 2.75) is 0 Å². The summed E-state index contributed by atoms with van der Waals surface area (Å²) in [5.74, 6) is 1.40. The second kappa shape index (κ2) is 30.9. The van der Waals surface area contributed by atoms with Crippen LogP contribution >= 0.6 is 0 Å². The minimum Gasteiger partial charge on any atom is -0.245 e. The second-order valence-electron chi connectivity index (χ2n) is 35.2. The summed E-state index contributed by atoms with van der Waals surface area (Å²) in [6.45, 7) is 0. The normalized spacial score (nSPS) is 11.9. The Hall–Kier alpha value is -18.0. The summed E-state index contributed by atoms with van der Waals surface area (Å²) in [5, 5.41) is 23.1. The number of fused-ring (bicyclic) bond motifs is 15. The first-order valence-corrected chi connectivity index (χ1v) is 45.5. The van der Waals surface area contributed by atoms with E-state index < -0.39 is 0 Å². The van der Waals surface area contributed by atoms with Crippen LogP contribution in [-0.4, -0.2) is 39.9 Å². The molecule has 618 valence electrons. The minimum atomic E-state index is 0.695. The van der Waals surface area contributed by atoms with Crippen molar-refractivity contribution >= 4 is 141 Å². The van der Waals surface area contributed by atoms with Gasteiger partial charge in [0.05, 0.1) is 67.3 Å². The van der Waals surface area contributed by atoms with Gasteiger partial charge in [0.1, 0.15) is 0 Å². The molecule has 0 atom stereocenters. The van der Waals surface area contributed by atoms with Crippen molar-refractivity contribution in [3.05, 3.63) is 449 Å². The molecule has 0 spiro atoms. The third-order valence-electron chi connectivity index (χ3n) is 27.3. The first-order valence-electron chi connectivity index (χ1n) is 45.5. The summed E-state index contributed by atoms with van der Waals surface area (Å²) >= 11 is 0. The number of benzene rings is 21. The lowest BCUT2D eigenvalue weighted by molar-refractivity contribution is 1.23. The molecule has 0 saturated heterocycles. The Bertz CT molecular complexity index is 9500. The number of nitrogens with zero attached hydrogens (tertiary/aromatic N) is 8. The number of rotatable bonds is 13. The second-order valence-corrected chi connectivity index (χ2v) is 35.2. The van der Waals surface area contributed by atoms with Crippen LogP contribution in [0.3, 0.4) is 0 Å².